The number of carboxylic acids is 1. The van der Waals surface area contributed by atoms with Crippen molar-refractivity contribution in [3.05, 3.63) is 24.3 Å². The molecule has 0 heterocycles. The van der Waals surface area contributed by atoms with Crippen LogP contribution in [0, 0.1) is 0 Å². The van der Waals surface area contributed by atoms with E-state index in [1.54, 1.807) is 0 Å². The highest BCUT2D eigenvalue weighted by Gasteiger charge is 2.32. The molecule has 0 aliphatic rings. The van der Waals surface area contributed by atoms with Crippen molar-refractivity contribution in [1.82, 2.24) is 4.72 Å². The van der Waals surface area contributed by atoms with Crippen LogP contribution in [0.4, 0.5) is 18.9 Å². The Kier molecular flexibility index (Phi) is 5.01. The zero-order valence-electron chi connectivity index (χ0n) is 10.3. The maximum atomic E-state index is 12.1. The van der Waals surface area contributed by atoms with Crippen LogP contribution < -0.4 is 9.03 Å². The van der Waals surface area contributed by atoms with Gasteiger partial charge in [-0.25, -0.2) is 4.31 Å². The van der Waals surface area contributed by atoms with E-state index in [0.29, 0.717) is 0 Å². The summed E-state index contributed by atoms with van der Waals surface area (Å²) in [6.45, 7) is -2.90. The second-order valence-corrected chi connectivity index (χ2v) is 5.54. The second kappa shape index (κ2) is 6.18. The van der Waals surface area contributed by atoms with E-state index in [-0.39, 0.29) is 15.7 Å². The number of benzene rings is 1. The first kappa shape index (κ1) is 17.0. The van der Waals surface area contributed by atoms with Gasteiger partial charge in [-0.2, -0.15) is 26.3 Å². The van der Waals surface area contributed by atoms with Crippen LogP contribution in [0.5, 0.6) is 5.75 Å². The van der Waals surface area contributed by atoms with Gasteiger partial charge in [-0.3, -0.25) is 4.79 Å². The molecule has 11 heteroatoms. The number of phenolic OH excluding ortho intramolecular Hbond substituents is 1. The number of nitrogens with zero attached hydrogens (tertiary/aromatic N) is 1. The highest BCUT2D eigenvalue weighted by atomic mass is 32.2. The molecule has 21 heavy (non-hydrogen) atoms. The number of carbonyl (C=O) groups is 1. The number of carboxylic acid groups (broad SMARTS) is 1. The number of nitrogens with one attached hydrogen (secondary N) is 1. The first-order chi connectivity index (χ1) is 9.51. The van der Waals surface area contributed by atoms with Gasteiger partial charge in [-0.1, -0.05) is 0 Å². The Morgan fingerprint density at radius 3 is 2.19 bits per heavy atom. The van der Waals surface area contributed by atoms with Gasteiger partial charge in [0, 0.05) is 0 Å². The third-order valence-corrected chi connectivity index (χ3v) is 3.59. The van der Waals surface area contributed by atoms with Crippen molar-refractivity contribution in [2.24, 2.45) is 0 Å². The fourth-order valence-corrected chi connectivity index (χ4v) is 2.49. The van der Waals surface area contributed by atoms with Crippen LogP contribution in [-0.4, -0.2) is 43.9 Å². The molecule has 1 aromatic rings. The molecular weight excluding hydrogens is 317 g/mol. The molecule has 0 spiro atoms. The molecule has 3 N–H and O–H groups in total. The van der Waals surface area contributed by atoms with Crippen LogP contribution in [0.2, 0.25) is 0 Å². The number of hydrogen-bond acceptors (Lipinski definition) is 4. The van der Waals surface area contributed by atoms with Crippen molar-refractivity contribution >= 4 is 21.9 Å². The molecule has 0 aliphatic carbocycles. The minimum atomic E-state index is -4.78. The van der Waals surface area contributed by atoms with Crippen LogP contribution in [-0.2, 0) is 15.0 Å². The van der Waals surface area contributed by atoms with Gasteiger partial charge < -0.3 is 10.2 Å². The van der Waals surface area contributed by atoms with Crippen molar-refractivity contribution in [1.29, 1.82) is 0 Å². The Hall–Kier alpha value is -2.01. The van der Waals surface area contributed by atoms with E-state index in [0.717, 1.165) is 24.3 Å². The number of alkyl halides is 3. The van der Waals surface area contributed by atoms with Gasteiger partial charge in [0.25, 0.3) is 0 Å². The number of halogens is 3. The zero-order valence-corrected chi connectivity index (χ0v) is 11.1. The number of rotatable bonds is 6. The Balaban J connectivity index is 3.06. The molecule has 1 aromatic carbocycles. The van der Waals surface area contributed by atoms with Gasteiger partial charge in [-0.05, 0) is 24.3 Å². The minimum absolute atomic E-state index is 0.204. The number of aromatic hydroxyl groups is 1. The average molecular weight is 328 g/mol. The molecule has 0 bridgehead atoms. The van der Waals surface area contributed by atoms with Crippen molar-refractivity contribution < 1.29 is 36.6 Å². The average Bonchev–Trinajstić information content (AvgIpc) is 2.34. The predicted octanol–water partition coefficient (Wildman–Crippen LogP) is 0.680. The van der Waals surface area contributed by atoms with E-state index in [2.05, 4.69) is 0 Å². The van der Waals surface area contributed by atoms with E-state index in [4.69, 9.17) is 10.2 Å². The van der Waals surface area contributed by atoms with E-state index >= 15 is 0 Å². The van der Waals surface area contributed by atoms with Gasteiger partial charge >= 0.3 is 22.4 Å². The molecule has 0 amide bonds. The Morgan fingerprint density at radius 2 is 1.76 bits per heavy atom. The van der Waals surface area contributed by atoms with Crippen molar-refractivity contribution in [3.63, 3.8) is 0 Å². The van der Waals surface area contributed by atoms with Crippen LogP contribution >= 0.6 is 0 Å². The molecule has 0 aliphatic heterocycles. The monoisotopic (exact) mass is 328 g/mol. The standard InChI is InChI=1S/C10H11F3N2O5S/c11-10(12,13)6-14-21(19,20)15(5-9(17)18)7-1-3-8(16)4-2-7/h1-4,14,16H,5-6H2,(H,17,18). The van der Waals surface area contributed by atoms with Crippen LogP contribution in [0.3, 0.4) is 0 Å². The molecule has 0 unspecified atom stereocenters. The quantitative estimate of drug-likeness (QED) is 0.712. The Bertz CT molecular complexity index is 600. The Labute approximate surface area is 117 Å². The summed E-state index contributed by atoms with van der Waals surface area (Å²) in [6, 6.07) is 4.27. The summed E-state index contributed by atoms with van der Waals surface area (Å²) < 4.78 is 61.3. The van der Waals surface area contributed by atoms with Gasteiger partial charge in [0.05, 0.1) is 5.69 Å². The fraction of sp³-hybridized carbons (Fsp3) is 0.300. The van der Waals surface area contributed by atoms with Crippen LogP contribution in [0.1, 0.15) is 0 Å². The largest absolute Gasteiger partial charge is 0.508 e. The number of hydrogen-bond donors (Lipinski definition) is 3. The van der Waals surface area contributed by atoms with E-state index in [1.807, 2.05) is 0 Å². The summed E-state index contributed by atoms with van der Waals surface area (Å²) in [5.74, 6) is -1.77. The molecule has 0 atom stereocenters. The molecule has 0 radical (unpaired) electrons. The fourth-order valence-electron chi connectivity index (χ4n) is 1.31. The third-order valence-electron chi connectivity index (χ3n) is 2.16. The van der Waals surface area contributed by atoms with Gasteiger partial charge in [0.1, 0.15) is 18.8 Å². The number of anilines is 1. The maximum Gasteiger partial charge on any atom is 0.402 e. The molecule has 7 nitrogen and oxygen atoms in total. The molecule has 0 saturated carbocycles. The van der Waals surface area contributed by atoms with E-state index in [9.17, 15) is 26.4 Å². The van der Waals surface area contributed by atoms with Crippen molar-refractivity contribution in [3.8, 4) is 5.75 Å². The minimum Gasteiger partial charge on any atom is -0.508 e. The van der Waals surface area contributed by atoms with Gasteiger partial charge in [-0.15, -0.1) is 0 Å². The van der Waals surface area contributed by atoms with Gasteiger partial charge in [0.15, 0.2) is 0 Å². The zero-order chi connectivity index (χ0) is 16.3. The van der Waals surface area contributed by atoms with Crippen LogP contribution in [0.15, 0.2) is 24.3 Å². The number of aliphatic carboxylic acids is 1. The summed E-state index contributed by atoms with van der Waals surface area (Å²) in [5.41, 5.74) is -0.204. The van der Waals surface area contributed by atoms with Crippen molar-refractivity contribution in [2.45, 2.75) is 6.18 Å². The predicted molar refractivity (Wildman–Crippen MR) is 66.1 cm³/mol. The maximum absolute atomic E-state index is 12.1. The third kappa shape index (κ3) is 5.47. The van der Waals surface area contributed by atoms with E-state index < -0.39 is 35.4 Å². The molecular formula is C10H11F3N2O5S. The van der Waals surface area contributed by atoms with Crippen LogP contribution in [0.25, 0.3) is 0 Å². The lowest BCUT2D eigenvalue weighted by atomic mass is 10.3. The lowest BCUT2D eigenvalue weighted by Gasteiger charge is -2.23. The summed E-state index contributed by atoms with van der Waals surface area (Å²) >= 11 is 0. The molecule has 0 fully saturated rings. The first-order valence-electron chi connectivity index (χ1n) is 5.36. The van der Waals surface area contributed by atoms with Crippen molar-refractivity contribution in [2.75, 3.05) is 17.4 Å². The molecule has 1 rings (SSSR count). The summed E-state index contributed by atoms with van der Waals surface area (Å²) in [7, 11) is -4.72. The summed E-state index contributed by atoms with van der Waals surface area (Å²) in [4.78, 5) is 10.7. The lowest BCUT2D eigenvalue weighted by molar-refractivity contribution is -0.135. The smallest absolute Gasteiger partial charge is 0.402 e. The normalized spacial score (nSPS) is 12.1. The van der Waals surface area contributed by atoms with Gasteiger partial charge in [0.2, 0.25) is 0 Å². The topological polar surface area (TPSA) is 107 Å². The SMILES string of the molecule is O=C(O)CN(c1ccc(O)cc1)S(=O)(=O)NCC(F)(F)F. The first-order valence-corrected chi connectivity index (χ1v) is 6.80. The molecule has 0 aromatic heterocycles. The second-order valence-electron chi connectivity index (χ2n) is 3.86. The number of phenols is 1. The highest BCUT2D eigenvalue weighted by molar-refractivity contribution is 7.90. The molecule has 0 saturated heterocycles. The highest BCUT2D eigenvalue weighted by Crippen LogP contribution is 2.21. The molecule has 118 valence electrons. The lowest BCUT2D eigenvalue weighted by Crippen LogP contribution is -2.46. The summed E-state index contributed by atoms with van der Waals surface area (Å²) in [6.07, 6.45) is -4.78. The van der Waals surface area contributed by atoms with E-state index in [1.165, 1.54) is 4.72 Å². The Morgan fingerprint density at radius 1 is 1.24 bits per heavy atom. The summed E-state index contributed by atoms with van der Waals surface area (Å²) in [5, 5.41) is 17.8.